The zero-order valence-electron chi connectivity index (χ0n) is 5.72. The first-order chi connectivity index (χ1) is 3.80. The summed E-state index contributed by atoms with van der Waals surface area (Å²) in [5, 5.41) is 4.41. The highest BCUT2D eigenvalue weighted by molar-refractivity contribution is 4.72. The van der Waals surface area contributed by atoms with Crippen molar-refractivity contribution in [3.05, 3.63) is 0 Å². The van der Waals surface area contributed by atoms with E-state index in [9.17, 15) is 0 Å². The Bertz CT molecular complexity index is 60.8. The predicted octanol–water partition coefficient (Wildman–Crippen LogP) is 1.41. The summed E-state index contributed by atoms with van der Waals surface area (Å²) >= 11 is 0. The van der Waals surface area contributed by atoms with Gasteiger partial charge in [-0.1, -0.05) is 6.92 Å². The van der Waals surface area contributed by atoms with Crippen LogP contribution in [0.1, 0.15) is 26.7 Å². The van der Waals surface area contributed by atoms with Gasteiger partial charge >= 0.3 is 0 Å². The number of nitrogens with zero attached hydrogens (tertiary/aromatic N) is 1. The van der Waals surface area contributed by atoms with Crippen LogP contribution >= 0.6 is 0 Å². The molecule has 1 fully saturated rings. The van der Waals surface area contributed by atoms with Gasteiger partial charge in [-0.15, -0.1) is 0 Å². The van der Waals surface area contributed by atoms with Gasteiger partial charge in [0, 0.05) is 12.6 Å². The Balaban J connectivity index is 2.28. The number of hydrogen-bond donors (Lipinski definition) is 0. The Hall–Kier alpha value is -0.0400. The minimum Gasteiger partial charge on any atom is -0.238 e. The van der Waals surface area contributed by atoms with Gasteiger partial charge in [0.25, 0.3) is 0 Å². The van der Waals surface area contributed by atoms with E-state index in [0.717, 1.165) is 12.5 Å². The van der Waals surface area contributed by atoms with Crippen molar-refractivity contribution in [3.63, 3.8) is 0 Å². The van der Waals surface area contributed by atoms with Gasteiger partial charge in [-0.25, -0.2) is 5.32 Å². The summed E-state index contributed by atoms with van der Waals surface area (Å²) in [5.74, 6) is 0.837. The van der Waals surface area contributed by atoms with Gasteiger partial charge in [-0.05, 0) is 25.7 Å². The van der Waals surface area contributed by atoms with E-state index in [1.165, 1.54) is 12.8 Å². The van der Waals surface area contributed by atoms with Crippen LogP contribution in [-0.2, 0) is 0 Å². The third-order valence-corrected chi connectivity index (χ3v) is 2.06. The fraction of sp³-hybridized carbons (Fsp3) is 1.00. The van der Waals surface area contributed by atoms with E-state index in [2.05, 4.69) is 19.2 Å². The van der Waals surface area contributed by atoms with Crippen LogP contribution in [0.5, 0.6) is 0 Å². The highest BCUT2D eigenvalue weighted by atomic mass is 14.9. The molecule has 1 radical (unpaired) electrons. The third kappa shape index (κ3) is 1.22. The lowest BCUT2D eigenvalue weighted by atomic mass is 9.94. The van der Waals surface area contributed by atoms with Gasteiger partial charge in [0.05, 0.1) is 0 Å². The molecule has 0 aromatic heterocycles. The second kappa shape index (κ2) is 2.49. The van der Waals surface area contributed by atoms with Gasteiger partial charge in [-0.2, -0.15) is 0 Å². The standard InChI is InChI=1S/C7H14N/c1-6-4-3-5-8-7(6)2/h6-7H,3-5H2,1-2H3. The van der Waals surface area contributed by atoms with Crippen LogP contribution in [0.4, 0.5) is 0 Å². The average Bonchev–Trinajstić information content (AvgIpc) is 1.77. The van der Waals surface area contributed by atoms with Gasteiger partial charge in [0.15, 0.2) is 0 Å². The van der Waals surface area contributed by atoms with Crippen LogP contribution in [0.15, 0.2) is 0 Å². The average molecular weight is 112 g/mol. The first kappa shape index (κ1) is 6.09. The molecule has 1 aliphatic heterocycles. The maximum Gasteiger partial charge on any atom is 0.0243 e. The van der Waals surface area contributed by atoms with Gasteiger partial charge < -0.3 is 0 Å². The highest BCUT2D eigenvalue weighted by Gasteiger charge is 2.16. The molecule has 0 aromatic carbocycles. The Labute approximate surface area is 51.5 Å². The summed E-state index contributed by atoms with van der Waals surface area (Å²) < 4.78 is 0. The Morgan fingerprint density at radius 2 is 2.12 bits per heavy atom. The molecule has 2 atom stereocenters. The quantitative estimate of drug-likeness (QED) is 0.450. The molecule has 0 aliphatic carbocycles. The van der Waals surface area contributed by atoms with Gasteiger partial charge in [-0.3, -0.25) is 0 Å². The molecule has 1 nitrogen and oxygen atoms in total. The summed E-state index contributed by atoms with van der Waals surface area (Å²) in [4.78, 5) is 0. The molecule has 8 heavy (non-hydrogen) atoms. The van der Waals surface area contributed by atoms with Crippen LogP contribution in [0.3, 0.4) is 0 Å². The molecule has 0 bridgehead atoms. The zero-order chi connectivity index (χ0) is 5.98. The smallest absolute Gasteiger partial charge is 0.0243 e. The lowest BCUT2D eigenvalue weighted by molar-refractivity contribution is 0.312. The van der Waals surface area contributed by atoms with Crippen LogP contribution in [0.2, 0.25) is 0 Å². The van der Waals surface area contributed by atoms with Crippen molar-refractivity contribution in [3.8, 4) is 0 Å². The summed E-state index contributed by atoms with van der Waals surface area (Å²) in [5.41, 5.74) is 0. The molecule has 1 heteroatoms. The lowest BCUT2D eigenvalue weighted by Gasteiger charge is -2.24. The van der Waals surface area contributed by atoms with E-state index in [4.69, 9.17) is 0 Å². The molecule has 1 rings (SSSR count). The first-order valence-corrected chi connectivity index (χ1v) is 3.47. The largest absolute Gasteiger partial charge is 0.238 e. The molecule has 1 aliphatic rings. The molecule has 1 heterocycles. The SMILES string of the molecule is CC1CCC[N]C1C. The van der Waals surface area contributed by atoms with Crippen LogP contribution in [0.25, 0.3) is 0 Å². The van der Waals surface area contributed by atoms with Crippen LogP contribution in [-0.4, -0.2) is 12.6 Å². The Morgan fingerprint density at radius 3 is 2.50 bits per heavy atom. The van der Waals surface area contributed by atoms with E-state index in [0.29, 0.717) is 6.04 Å². The molecule has 0 amide bonds. The second-order valence-corrected chi connectivity index (χ2v) is 2.77. The molecule has 0 spiro atoms. The summed E-state index contributed by atoms with van der Waals surface area (Å²) in [6, 6.07) is 0.628. The van der Waals surface area contributed by atoms with Crippen molar-refractivity contribution >= 4 is 0 Å². The van der Waals surface area contributed by atoms with Crippen molar-refractivity contribution in [2.45, 2.75) is 32.7 Å². The summed E-state index contributed by atoms with van der Waals surface area (Å²) in [6.07, 6.45) is 2.69. The van der Waals surface area contributed by atoms with E-state index in [1.54, 1.807) is 0 Å². The third-order valence-electron chi connectivity index (χ3n) is 2.06. The molecular weight excluding hydrogens is 98.1 g/mol. The topological polar surface area (TPSA) is 14.1 Å². The maximum absolute atomic E-state index is 4.41. The molecule has 2 unspecified atom stereocenters. The fourth-order valence-corrected chi connectivity index (χ4v) is 1.13. The molecule has 1 saturated heterocycles. The molecule has 0 N–H and O–H groups in total. The minimum absolute atomic E-state index is 0.628. The first-order valence-electron chi connectivity index (χ1n) is 3.47. The fourth-order valence-electron chi connectivity index (χ4n) is 1.13. The van der Waals surface area contributed by atoms with Gasteiger partial charge in [0.1, 0.15) is 0 Å². The zero-order valence-corrected chi connectivity index (χ0v) is 5.72. The van der Waals surface area contributed by atoms with Gasteiger partial charge in [0.2, 0.25) is 0 Å². The van der Waals surface area contributed by atoms with Crippen molar-refractivity contribution in [1.29, 1.82) is 0 Å². The number of hydrogen-bond acceptors (Lipinski definition) is 0. The van der Waals surface area contributed by atoms with Crippen molar-refractivity contribution in [2.75, 3.05) is 6.54 Å². The van der Waals surface area contributed by atoms with Crippen molar-refractivity contribution in [2.24, 2.45) is 5.92 Å². The normalized spacial score (nSPS) is 39.8. The Kier molecular flexibility index (Phi) is 1.90. The number of piperidine rings is 1. The van der Waals surface area contributed by atoms with E-state index in [1.807, 2.05) is 0 Å². The molecule has 0 aromatic rings. The van der Waals surface area contributed by atoms with Crippen LogP contribution < -0.4 is 5.32 Å². The van der Waals surface area contributed by atoms with Crippen LogP contribution in [0, 0.1) is 5.92 Å². The van der Waals surface area contributed by atoms with Crippen molar-refractivity contribution < 1.29 is 0 Å². The molecule has 47 valence electrons. The lowest BCUT2D eigenvalue weighted by Crippen LogP contribution is -2.31. The minimum atomic E-state index is 0.628. The predicted molar refractivity (Wildman–Crippen MR) is 34.9 cm³/mol. The number of rotatable bonds is 0. The van der Waals surface area contributed by atoms with Crippen molar-refractivity contribution in [1.82, 2.24) is 5.32 Å². The Morgan fingerprint density at radius 1 is 1.38 bits per heavy atom. The summed E-state index contributed by atoms with van der Waals surface area (Å²) in [7, 11) is 0. The maximum atomic E-state index is 4.41. The second-order valence-electron chi connectivity index (χ2n) is 2.77. The monoisotopic (exact) mass is 112 g/mol. The van der Waals surface area contributed by atoms with E-state index >= 15 is 0 Å². The molecule has 0 saturated carbocycles. The van der Waals surface area contributed by atoms with E-state index in [-0.39, 0.29) is 0 Å². The highest BCUT2D eigenvalue weighted by Crippen LogP contribution is 2.15. The summed E-state index contributed by atoms with van der Waals surface area (Å²) in [6.45, 7) is 5.60. The van der Waals surface area contributed by atoms with E-state index < -0.39 is 0 Å². The molecular formula is C7H14N.